The van der Waals surface area contributed by atoms with Gasteiger partial charge in [-0.15, -0.1) is 0 Å². The maximum absolute atomic E-state index is 13.4. The first-order valence-electron chi connectivity index (χ1n) is 11.6. The van der Waals surface area contributed by atoms with Gasteiger partial charge in [0, 0.05) is 12.0 Å². The Bertz CT molecular complexity index is 1160. The van der Waals surface area contributed by atoms with Gasteiger partial charge in [0.05, 0.1) is 24.7 Å². The van der Waals surface area contributed by atoms with Gasteiger partial charge in [-0.1, -0.05) is 51.1 Å². The minimum absolute atomic E-state index is 0.0567. The topological polar surface area (TPSA) is 85.2 Å². The lowest BCUT2D eigenvalue weighted by atomic mass is 9.85. The van der Waals surface area contributed by atoms with Gasteiger partial charge in [-0.25, -0.2) is 4.39 Å². The van der Waals surface area contributed by atoms with Gasteiger partial charge in [0.15, 0.2) is 5.69 Å². The standard InChI is InChI=1S/C26H31FN4O3/c1-26(2,3)23(25(33)28-19-7-6-14-34-16-19)29-24(32)22-20-8-4-5-9-21(20)31(30-22)15-17-10-12-18(27)13-11-17/h4-5,8-13,19,23H,6-7,14-16H2,1-3H3,(H,28,33)(H,29,32)/t19?,23-/m1/s1. The van der Waals surface area contributed by atoms with Crippen LogP contribution in [0.25, 0.3) is 10.9 Å². The first-order valence-corrected chi connectivity index (χ1v) is 11.6. The molecule has 2 N–H and O–H groups in total. The van der Waals surface area contributed by atoms with Crippen LogP contribution >= 0.6 is 0 Å². The third-order valence-corrected chi connectivity index (χ3v) is 6.03. The smallest absolute Gasteiger partial charge is 0.273 e. The van der Waals surface area contributed by atoms with Crippen molar-refractivity contribution in [1.82, 2.24) is 20.4 Å². The highest BCUT2D eigenvalue weighted by atomic mass is 19.1. The van der Waals surface area contributed by atoms with Crippen molar-refractivity contribution in [2.45, 2.75) is 52.2 Å². The molecule has 0 saturated carbocycles. The summed E-state index contributed by atoms with van der Waals surface area (Å²) in [5, 5.41) is 11.2. The first kappa shape index (κ1) is 23.9. The van der Waals surface area contributed by atoms with Gasteiger partial charge < -0.3 is 15.4 Å². The van der Waals surface area contributed by atoms with E-state index in [1.54, 1.807) is 16.8 Å². The highest BCUT2D eigenvalue weighted by Crippen LogP contribution is 2.23. The summed E-state index contributed by atoms with van der Waals surface area (Å²) < 4.78 is 20.5. The lowest BCUT2D eigenvalue weighted by Crippen LogP contribution is -2.56. The van der Waals surface area contributed by atoms with Crippen LogP contribution in [0.2, 0.25) is 0 Å². The molecule has 2 aromatic carbocycles. The van der Waals surface area contributed by atoms with Gasteiger partial charge in [0.2, 0.25) is 5.91 Å². The van der Waals surface area contributed by atoms with Gasteiger partial charge in [-0.3, -0.25) is 14.3 Å². The average Bonchev–Trinajstić information content (AvgIpc) is 3.17. The number of benzene rings is 2. The van der Waals surface area contributed by atoms with E-state index in [0.29, 0.717) is 25.1 Å². The van der Waals surface area contributed by atoms with Crippen molar-refractivity contribution in [2.24, 2.45) is 5.41 Å². The van der Waals surface area contributed by atoms with Crippen LogP contribution in [-0.4, -0.2) is 46.9 Å². The van der Waals surface area contributed by atoms with Crippen LogP contribution in [0.15, 0.2) is 48.5 Å². The number of hydrogen-bond donors (Lipinski definition) is 2. The zero-order valence-corrected chi connectivity index (χ0v) is 19.8. The molecule has 1 unspecified atom stereocenters. The number of fused-ring (bicyclic) bond motifs is 1. The number of nitrogens with zero attached hydrogens (tertiary/aromatic N) is 2. The Balaban J connectivity index is 1.58. The Labute approximate surface area is 198 Å². The fourth-order valence-corrected chi connectivity index (χ4v) is 4.19. The van der Waals surface area contributed by atoms with Gasteiger partial charge >= 0.3 is 0 Å². The number of hydrogen-bond acceptors (Lipinski definition) is 4. The highest BCUT2D eigenvalue weighted by molar-refractivity contribution is 6.06. The molecule has 1 aliphatic heterocycles. The molecular formula is C26H31FN4O3. The van der Waals surface area contributed by atoms with E-state index in [2.05, 4.69) is 15.7 Å². The fraction of sp³-hybridized carbons (Fsp3) is 0.423. The average molecular weight is 467 g/mol. The summed E-state index contributed by atoms with van der Waals surface area (Å²) >= 11 is 0. The third kappa shape index (κ3) is 5.44. The molecule has 34 heavy (non-hydrogen) atoms. The minimum atomic E-state index is -0.747. The summed E-state index contributed by atoms with van der Waals surface area (Å²) in [6.45, 7) is 7.33. The molecule has 0 bridgehead atoms. The lowest BCUT2D eigenvalue weighted by Gasteiger charge is -2.32. The SMILES string of the molecule is CC(C)(C)[C@H](NC(=O)c1nn(Cc2ccc(F)cc2)c2ccccc12)C(=O)NC1CCCOC1. The zero-order valence-electron chi connectivity index (χ0n) is 19.8. The largest absolute Gasteiger partial charge is 0.379 e. The van der Waals surface area contributed by atoms with E-state index in [9.17, 15) is 14.0 Å². The van der Waals surface area contributed by atoms with Crippen LogP contribution in [0.1, 0.15) is 49.7 Å². The van der Waals surface area contributed by atoms with E-state index in [1.165, 1.54) is 12.1 Å². The summed E-state index contributed by atoms with van der Waals surface area (Å²) in [5.74, 6) is -0.948. The van der Waals surface area contributed by atoms with Crippen molar-refractivity contribution < 1.29 is 18.7 Å². The monoisotopic (exact) mass is 466 g/mol. The predicted molar refractivity (Wildman–Crippen MR) is 128 cm³/mol. The second-order valence-electron chi connectivity index (χ2n) is 9.85. The highest BCUT2D eigenvalue weighted by Gasteiger charge is 2.35. The summed E-state index contributed by atoms with van der Waals surface area (Å²) in [6, 6.07) is 12.8. The number of carbonyl (C=O) groups excluding carboxylic acids is 2. The molecule has 3 aromatic rings. The van der Waals surface area contributed by atoms with Crippen LogP contribution in [0.5, 0.6) is 0 Å². The number of aromatic nitrogens is 2. The molecule has 0 spiro atoms. The molecule has 2 amide bonds. The van der Waals surface area contributed by atoms with Crippen LogP contribution in [0.4, 0.5) is 4.39 Å². The van der Waals surface area contributed by atoms with Crippen molar-refractivity contribution in [3.63, 3.8) is 0 Å². The maximum Gasteiger partial charge on any atom is 0.273 e. The van der Waals surface area contributed by atoms with E-state index in [1.807, 2.05) is 45.0 Å². The number of rotatable bonds is 6. The molecule has 0 radical (unpaired) electrons. The third-order valence-electron chi connectivity index (χ3n) is 6.03. The molecule has 1 aliphatic rings. The fourth-order valence-electron chi connectivity index (χ4n) is 4.19. The number of nitrogens with one attached hydrogen (secondary N) is 2. The number of para-hydroxylation sites is 1. The van der Waals surface area contributed by atoms with E-state index >= 15 is 0 Å². The van der Waals surface area contributed by atoms with Crippen LogP contribution in [-0.2, 0) is 16.1 Å². The zero-order chi connectivity index (χ0) is 24.3. The van der Waals surface area contributed by atoms with Gasteiger partial charge in [-0.2, -0.15) is 5.10 Å². The number of amides is 2. The van der Waals surface area contributed by atoms with E-state index in [4.69, 9.17) is 4.74 Å². The molecule has 2 heterocycles. The molecule has 1 saturated heterocycles. The van der Waals surface area contributed by atoms with Crippen molar-refractivity contribution in [3.05, 3.63) is 65.6 Å². The molecule has 8 heteroatoms. The molecule has 2 atom stereocenters. The normalized spacial score (nSPS) is 17.4. The van der Waals surface area contributed by atoms with E-state index in [-0.39, 0.29) is 23.5 Å². The van der Waals surface area contributed by atoms with Crippen LogP contribution in [0, 0.1) is 11.2 Å². The Kier molecular flexibility index (Phi) is 6.97. The predicted octanol–water partition coefficient (Wildman–Crippen LogP) is 3.66. The van der Waals surface area contributed by atoms with Gasteiger partial charge in [0.25, 0.3) is 5.91 Å². The summed E-state index contributed by atoms with van der Waals surface area (Å²) in [6.07, 6.45) is 1.75. The second kappa shape index (κ2) is 9.93. The molecule has 0 aliphatic carbocycles. The van der Waals surface area contributed by atoms with Crippen molar-refractivity contribution in [3.8, 4) is 0 Å². The van der Waals surface area contributed by atoms with Crippen molar-refractivity contribution >= 4 is 22.7 Å². The second-order valence-corrected chi connectivity index (χ2v) is 9.85. The Morgan fingerprint density at radius 1 is 1.18 bits per heavy atom. The Morgan fingerprint density at radius 2 is 1.91 bits per heavy atom. The van der Waals surface area contributed by atoms with Gasteiger partial charge in [0.1, 0.15) is 11.9 Å². The van der Waals surface area contributed by atoms with Crippen molar-refractivity contribution in [2.75, 3.05) is 13.2 Å². The van der Waals surface area contributed by atoms with E-state index < -0.39 is 17.4 Å². The maximum atomic E-state index is 13.4. The summed E-state index contributed by atoms with van der Waals surface area (Å²) in [4.78, 5) is 26.5. The molecule has 7 nitrogen and oxygen atoms in total. The summed E-state index contributed by atoms with van der Waals surface area (Å²) in [7, 11) is 0. The molecular weight excluding hydrogens is 435 g/mol. The molecule has 1 fully saturated rings. The first-order chi connectivity index (χ1) is 16.2. The van der Waals surface area contributed by atoms with E-state index in [0.717, 1.165) is 23.9 Å². The van der Waals surface area contributed by atoms with Crippen molar-refractivity contribution in [1.29, 1.82) is 0 Å². The van der Waals surface area contributed by atoms with Gasteiger partial charge in [-0.05, 0) is 42.0 Å². The Morgan fingerprint density at radius 3 is 2.59 bits per heavy atom. The number of carbonyl (C=O) groups is 2. The molecule has 180 valence electrons. The minimum Gasteiger partial charge on any atom is -0.379 e. The number of halogens is 1. The Hall–Kier alpha value is -3.26. The van der Waals surface area contributed by atoms with Crippen LogP contribution in [0.3, 0.4) is 0 Å². The van der Waals surface area contributed by atoms with Crippen LogP contribution < -0.4 is 10.6 Å². The lowest BCUT2D eigenvalue weighted by molar-refractivity contribution is -0.127. The quantitative estimate of drug-likeness (QED) is 0.581. The molecule has 1 aromatic heterocycles. The number of ether oxygens (including phenoxy) is 1. The molecule has 4 rings (SSSR count). The summed E-state index contributed by atoms with van der Waals surface area (Å²) in [5.41, 5.74) is 1.39.